The topological polar surface area (TPSA) is 75.7 Å². The van der Waals surface area contributed by atoms with E-state index in [0.717, 1.165) is 10.6 Å². The Balaban J connectivity index is 2.69. The first-order valence-electron chi connectivity index (χ1n) is 5.50. The summed E-state index contributed by atoms with van der Waals surface area (Å²) in [6.45, 7) is -0.257. The van der Waals surface area contributed by atoms with E-state index >= 15 is 0 Å². The molecule has 0 aromatic heterocycles. The zero-order chi connectivity index (χ0) is 14.1. The third-order valence-electron chi connectivity index (χ3n) is 2.15. The van der Waals surface area contributed by atoms with E-state index in [1.54, 1.807) is 6.08 Å². The molecule has 0 bridgehead atoms. The van der Waals surface area contributed by atoms with Crippen LogP contribution in [0.2, 0.25) is 0 Å². The van der Waals surface area contributed by atoms with Gasteiger partial charge in [-0.15, -0.1) is 0 Å². The summed E-state index contributed by atoms with van der Waals surface area (Å²) in [6.07, 6.45) is 2.53. The number of hydrazine groups is 1. The Morgan fingerprint density at radius 1 is 1.32 bits per heavy atom. The van der Waals surface area contributed by atoms with Crippen molar-refractivity contribution in [3.63, 3.8) is 0 Å². The SMILES string of the molecule is COC(=O)NN(CC=O)C(=O)C=Cc1ccccc1. The predicted molar refractivity (Wildman–Crippen MR) is 68.8 cm³/mol. The van der Waals surface area contributed by atoms with Crippen LogP contribution in [0.1, 0.15) is 5.56 Å². The van der Waals surface area contributed by atoms with E-state index in [1.807, 2.05) is 30.3 Å². The Hall–Kier alpha value is -2.63. The molecule has 0 spiro atoms. The lowest BCUT2D eigenvalue weighted by atomic mass is 10.2. The van der Waals surface area contributed by atoms with E-state index in [1.165, 1.54) is 13.2 Å². The smallest absolute Gasteiger partial charge is 0.425 e. The lowest BCUT2D eigenvalue weighted by molar-refractivity contribution is -0.130. The average molecular weight is 262 g/mol. The summed E-state index contributed by atoms with van der Waals surface area (Å²) in [5.41, 5.74) is 2.98. The number of carbonyl (C=O) groups is 3. The van der Waals surface area contributed by atoms with Crippen molar-refractivity contribution < 1.29 is 19.1 Å². The number of benzene rings is 1. The van der Waals surface area contributed by atoms with Crippen LogP contribution in [-0.4, -0.2) is 37.0 Å². The molecular formula is C13H14N2O4. The third kappa shape index (κ3) is 5.03. The van der Waals surface area contributed by atoms with Crippen molar-refractivity contribution in [1.82, 2.24) is 10.4 Å². The van der Waals surface area contributed by atoms with Crippen molar-refractivity contribution >= 4 is 24.4 Å². The van der Waals surface area contributed by atoms with E-state index in [0.29, 0.717) is 6.29 Å². The molecule has 0 aliphatic heterocycles. The fourth-order valence-corrected chi connectivity index (χ4v) is 1.24. The molecule has 0 unspecified atom stereocenters. The highest BCUT2D eigenvalue weighted by atomic mass is 16.5. The van der Waals surface area contributed by atoms with Gasteiger partial charge in [0, 0.05) is 6.08 Å². The van der Waals surface area contributed by atoms with Gasteiger partial charge in [0.05, 0.1) is 13.7 Å². The number of hydrogen-bond donors (Lipinski definition) is 1. The molecular weight excluding hydrogens is 248 g/mol. The molecule has 1 aromatic carbocycles. The molecule has 0 saturated carbocycles. The van der Waals surface area contributed by atoms with Crippen LogP contribution in [0.25, 0.3) is 6.08 Å². The molecule has 1 rings (SSSR count). The van der Waals surface area contributed by atoms with Crippen LogP contribution >= 0.6 is 0 Å². The van der Waals surface area contributed by atoms with Crippen molar-refractivity contribution in [2.45, 2.75) is 0 Å². The maximum atomic E-state index is 11.8. The maximum Gasteiger partial charge on any atom is 0.425 e. The molecule has 6 heteroatoms. The summed E-state index contributed by atoms with van der Waals surface area (Å²) in [5.74, 6) is -0.527. The molecule has 2 amide bonds. The first-order chi connectivity index (χ1) is 9.17. The van der Waals surface area contributed by atoms with Crippen LogP contribution in [0.5, 0.6) is 0 Å². The van der Waals surface area contributed by atoms with Gasteiger partial charge in [-0.25, -0.2) is 15.2 Å². The van der Waals surface area contributed by atoms with Crippen molar-refractivity contribution in [2.75, 3.05) is 13.7 Å². The van der Waals surface area contributed by atoms with Crippen molar-refractivity contribution in [2.24, 2.45) is 0 Å². The first-order valence-corrected chi connectivity index (χ1v) is 5.50. The van der Waals surface area contributed by atoms with Gasteiger partial charge in [-0.05, 0) is 11.6 Å². The van der Waals surface area contributed by atoms with Crippen molar-refractivity contribution in [3.8, 4) is 0 Å². The third-order valence-corrected chi connectivity index (χ3v) is 2.15. The number of ether oxygens (including phenoxy) is 1. The summed E-state index contributed by atoms with van der Waals surface area (Å²) in [5, 5.41) is 0.859. The van der Waals surface area contributed by atoms with Gasteiger partial charge in [-0.1, -0.05) is 30.3 Å². The van der Waals surface area contributed by atoms with Crippen LogP contribution < -0.4 is 5.43 Å². The Kier molecular flexibility index (Phi) is 5.81. The highest BCUT2D eigenvalue weighted by Crippen LogP contribution is 2.01. The van der Waals surface area contributed by atoms with E-state index in [4.69, 9.17) is 0 Å². The second-order valence-corrected chi connectivity index (χ2v) is 3.46. The fourth-order valence-electron chi connectivity index (χ4n) is 1.24. The Labute approximate surface area is 110 Å². The molecule has 6 nitrogen and oxygen atoms in total. The van der Waals surface area contributed by atoms with Gasteiger partial charge in [0.1, 0.15) is 6.29 Å². The number of nitrogens with zero attached hydrogens (tertiary/aromatic N) is 1. The van der Waals surface area contributed by atoms with Crippen molar-refractivity contribution in [3.05, 3.63) is 42.0 Å². The number of carbonyl (C=O) groups excluding carboxylic acids is 3. The summed E-state index contributed by atoms with van der Waals surface area (Å²) < 4.78 is 4.36. The lowest BCUT2D eigenvalue weighted by Gasteiger charge is -2.18. The van der Waals surface area contributed by atoms with Crippen LogP contribution in [-0.2, 0) is 14.3 Å². The summed E-state index contributed by atoms with van der Waals surface area (Å²) >= 11 is 0. The van der Waals surface area contributed by atoms with E-state index in [-0.39, 0.29) is 6.54 Å². The number of rotatable bonds is 4. The van der Waals surface area contributed by atoms with Crippen LogP contribution in [0.4, 0.5) is 4.79 Å². The lowest BCUT2D eigenvalue weighted by Crippen LogP contribution is -2.46. The van der Waals surface area contributed by atoms with E-state index < -0.39 is 12.0 Å². The predicted octanol–water partition coefficient (Wildman–Crippen LogP) is 0.998. The van der Waals surface area contributed by atoms with Crippen LogP contribution in [0.3, 0.4) is 0 Å². The van der Waals surface area contributed by atoms with Crippen molar-refractivity contribution in [1.29, 1.82) is 0 Å². The van der Waals surface area contributed by atoms with Crippen LogP contribution in [0.15, 0.2) is 36.4 Å². The van der Waals surface area contributed by atoms with Crippen LogP contribution in [0, 0.1) is 0 Å². The molecule has 0 fully saturated rings. The van der Waals surface area contributed by atoms with Gasteiger partial charge >= 0.3 is 6.09 Å². The molecule has 0 heterocycles. The standard InChI is InChI=1S/C13H14N2O4/c1-19-13(18)14-15(9-10-16)12(17)8-7-11-5-3-2-4-6-11/h2-8,10H,9H2,1H3,(H,14,18). The summed E-state index contributed by atoms with van der Waals surface area (Å²) in [7, 11) is 1.17. The molecule has 1 N–H and O–H groups in total. The summed E-state index contributed by atoms with van der Waals surface area (Å²) in [6, 6.07) is 9.17. The molecule has 0 atom stereocenters. The molecule has 1 aromatic rings. The molecule has 0 radical (unpaired) electrons. The molecule has 19 heavy (non-hydrogen) atoms. The maximum absolute atomic E-state index is 11.8. The van der Waals surface area contributed by atoms with Gasteiger partial charge in [0.2, 0.25) is 0 Å². The fraction of sp³-hybridized carbons (Fsp3) is 0.154. The van der Waals surface area contributed by atoms with Gasteiger partial charge in [-0.2, -0.15) is 0 Å². The number of aldehydes is 1. The number of methoxy groups -OCH3 is 1. The van der Waals surface area contributed by atoms with Gasteiger partial charge in [0.25, 0.3) is 5.91 Å². The quantitative estimate of drug-likeness (QED) is 0.499. The monoisotopic (exact) mass is 262 g/mol. The van der Waals surface area contributed by atoms with E-state index in [2.05, 4.69) is 10.2 Å². The second kappa shape index (κ2) is 7.65. The molecule has 100 valence electrons. The molecule has 0 saturated heterocycles. The van der Waals surface area contributed by atoms with E-state index in [9.17, 15) is 14.4 Å². The minimum Gasteiger partial charge on any atom is -0.452 e. The zero-order valence-corrected chi connectivity index (χ0v) is 10.4. The zero-order valence-electron chi connectivity index (χ0n) is 10.4. The molecule has 0 aliphatic rings. The van der Waals surface area contributed by atoms with Gasteiger partial charge < -0.3 is 9.53 Å². The largest absolute Gasteiger partial charge is 0.452 e. The first kappa shape index (κ1) is 14.4. The average Bonchev–Trinajstić information content (AvgIpc) is 2.45. The molecule has 0 aliphatic carbocycles. The minimum absolute atomic E-state index is 0.257. The Bertz CT molecular complexity index is 471. The Morgan fingerprint density at radius 3 is 2.58 bits per heavy atom. The summed E-state index contributed by atoms with van der Waals surface area (Å²) in [4.78, 5) is 33.2. The number of hydrogen-bond acceptors (Lipinski definition) is 4. The second-order valence-electron chi connectivity index (χ2n) is 3.46. The highest BCUT2D eigenvalue weighted by molar-refractivity contribution is 5.93. The minimum atomic E-state index is -0.816. The normalized spacial score (nSPS) is 9.95. The van der Waals surface area contributed by atoms with Gasteiger partial charge in [0.15, 0.2) is 0 Å². The number of nitrogens with one attached hydrogen (secondary N) is 1. The Morgan fingerprint density at radius 2 is 2.00 bits per heavy atom. The van der Waals surface area contributed by atoms with Gasteiger partial charge in [-0.3, -0.25) is 4.79 Å². The number of amides is 2. The highest BCUT2D eigenvalue weighted by Gasteiger charge is 2.13.